The summed E-state index contributed by atoms with van der Waals surface area (Å²) < 4.78 is 0. The van der Waals surface area contributed by atoms with Crippen molar-refractivity contribution in [3.63, 3.8) is 0 Å². The van der Waals surface area contributed by atoms with Gasteiger partial charge in [0, 0.05) is 38.8 Å². The number of likely N-dealkylation sites (tertiary alicyclic amines) is 2. The number of hydrogen-bond donors (Lipinski definition) is 2. The number of aromatic nitrogens is 1. The molecule has 4 rings (SSSR count). The lowest BCUT2D eigenvalue weighted by Crippen LogP contribution is -2.47. The first-order chi connectivity index (χ1) is 12.0. The van der Waals surface area contributed by atoms with Crippen LogP contribution in [0, 0.1) is 5.41 Å². The summed E-state index contributed by atoms with van der Waals surface area (Å²) >= 11 is 0. The number of carbonyl (C=O) groups excluding carboxylic acids is 3. The van der Waals surface area contributed by atoms with Crippen LogP contribution in [0.1, 0.15) is 35.3 Å². The van der Waals surface area contributed by atoms with Crippen molar-refractivity contribution in [2.45, 2.75) is 25.8 Å². The molecule has 0 atom stereocenters. The summed E-state index contributed by atoms with van der Waals surface area (Å²) in [7, 11) is 1.84. The smallest absolute Gasteiger partial charge is 0.321 e. The van der Waals surface area contributed by atoms with Crippen molar-refractivity contribution in [2.24, 2.45) is 5.41 Å². The van der Waals surface area contributed by atoms with Gasteiger partial charge in [-0.1, -0.05) is 0 Å². The molecule has 0 aromatic carbocycles. The molecule has 8 heteroatoms. The summed E-state index contributed by atoms with van der Waals surface area (Å²) in [5.41, 5.74) is 1.52. The quantitative estimate of drug-likeness (QED) is 0.789. The minimum absolute atomic E-state index is 0.180. The largest absolute Gasteiger partial charge is 0.347 e. The highest BCUT2D eigenvalue weighted by Crippen LogP contribution is 2.41. The summed E-state index contributed by atoms with van der Waals surface area (Å²) in [5, 5.41) is 5.55. The maximum Gasteiger partial charge on any atom is 0.321 e. The van der Waals surface area contributed by atoms with Gasteiger partial charge in [-0.15, -0.1) is 0 Å². The molecule has 0 saturated carbocycles. The monoisotopic (exact) mass is 343 g/mol. The first kappa shape index (κ1) is 15.9. The molecule has 25 heavy (non-hydrogen) atoms. The summed E-state index contributed by atoms with van der Waals surface area (Å²) in [4.78, 5) is 44.0. The molecular formula is C17H21N5O3. The van der Waals surface area contributed by atoms with E-state index in [2.05, 4.69) is 15.6 Å². The molecule has 132 valence electrons. The molecule has 4 heterocycles. The lowest BCUT2D eigenvalue weighted by Gasteiger charge is -2.37. The van der Waals surface area contributed by atoms with Crippen LogP contribution in [0.4, 0.5) is 10.5 Å². The Hall–Kier alpha value is -2.64. The molecule has 2 N–H and O–H groups in total. The number of nitrogens with zero attached hydrogens (tertiary/aromatic N) is 3. The topological polar surface area (TPSA) is 94.6 Å². The Morgan fingerprint density at radius 1 is 1.24 bits per heavy atom. The van der Waals surface area contributed by atoms with Crippen molar-refractivity contribution in [3.8, 4) is 0 Å². The van der Waals surface area contributed by atoms with Gasteiger partial charge in [0.1, 0.15) is 5.69 Å². The van der Waals surface area contributed by atoms with Crippen LogP contribution in [0.25, 0.3) is 0 Å². The van der Waals surface area contributed by atoms with Gasteiger partial charge < -0.3 is 20.4 Å². The third-order valence-corrected chi connectivity index (χ3v) is 5.61. The molecule has 0 unspecified atom stereocenters. The Labute approximate surface area is 145 Å². The summed E-state index contributed by atoms with van der Waals surface area (Å²) in [5.74, 6) is 0.0351. The third kappa shape index (κ3) is 2.61. The van der Waals surface area contributed by atoms with Gasteiger partial charge in [-0.3, -0.25) is 9.59 Å². The van der Waals surface area contributed by atoms with E-state index in [1.54, 1.807) is 15.9 Å². The van der Waals surface area contributed by atoms with E-state index in [0.29, 0.717) is 43.9 Å². The molecule has 3 aliphatic rings. The van der Waals surface area contributed by atoms with Crippen molar-refractivity contribution in [1.29, 1.82) is 0 Å². The van der Waals surface area contributed by atoms with Crippen LogP contribution in [-0.4, -0.2) is 59.3 Å². The van der Waals surface area contributed by atoms with Gasteiger partial charge in [-0.25, -0.2) is 9.78 Å². The van der Waals surface area contributed by atoms with E-state index < -0.39 is 0 Å². The molecule has 2 saturated heterocycles. The van der Waals surface area contributed by atoms with Crippen LogP contribution in [-0.2, 0) is 11.3 Å². The molecule has 4 amide bonds. The Balaban J connectivity index is 1.39. The molecule has 8 nitrogen and oxygen atoms in total. The Kier molecular flexibility index (Phi) is 3.63. The number of piperidine rings is 1. The van der Waals surface area contributed by atoms with E-state index in [0.717, 1.165) is 18.5 Å². The van der Waals surface area contributed by atoms with Gasteiger partial charge in [0.15, 0.2) is 0 Å². The van der Waals surface area contributed by atoms with Gasteiger partial charge >= 0.3 is 6.03 Å². The van der Waals surface area contributed by atoms with Crippen LogP contribution >= 0.6 is 0 Å². The third-order valence-electron chi connectivity index (χ3n) is 5.61. The van der Waals surface area contributed by atoms with Crippen LogP contribution in [0.2, 0.25) is 0 Å². The van der Waals surface area contributed by atoms with Gasteiger partial charge in [0.25, 0.3) is 5.91 Å². The molecule has 2 fully saturated rings. The zero-order valence-corrected chi connectivity index (χ0v) is 14.2. The van der Waals surface area contributed by atoms with Crippen molar-refractivity contribution in [2.75, 3.05) is 32.0 Å². The van der Waals surface area contributed by atoms with Crippen molar-refractivity contribution in [3.05, 3.63) is 23.5 Å². The van der Waals surface area contributed by atoms with Gasteiger partial charge in [-0.05, 0) is 25.3 Å². The van der Waals surface area contributed by atoms with Crippen molar-refractivity contribution >= 4 is 23.5 Å². The fraction of sp³-hybridized carbons (Fsp3) is 0.529. The Morgan fingerprint density at radius 2 is 1.96 bits per heavy atom. The number of urea groups is 1. The number of pyridine rings is 1. The first-order valence-corrected chi connectivity index (χ1v) is 8.57. The molecule has 0 radical (unpaired) electrons. The maximum absolute atomic E-state index is 12.5. The van der Waals surface area contributed by atoms with E-state index in [1.165, 1.54) is 6.20 Å². The summed E-state index contributed by atoms with van der Waals surface area (Å²) in [6, 6.07) is 1.59. The zero-order chi connectivity index (χ0) is 17.6. The molecule has 1 aromatic rings. The highest BCUT2D eigenvalue weighted by molar-refractivity contribution is 5.97. The minimum atomic E-state index is -0.271. The average molecular weight is 343 g/mol. The number of hydrogen-bond acceptors (Lipinski definition) is 4. The fourth-order valence-electron chi connectivity index (χ4n) is 3.98. The molecule has 1 spiro atoms. The second-order valence-corrected chi connectivity index (χ2v) is 7.09. The molecular weight excluding hydrogens is 322 g/mol. The standard InChI is InChI=1S/C17H21N5O3/c1-21-5-2-17(15(21)24)3-6-22(7-4-17)16(25)20-12-8-11-9-19-14(23)13(11)18-10-12/h8,10H,2-7,9H2,1H3,(H,19,23)(H,20,25). The highest BCUT2D eigenvalue weighted by Gasteiger charge is 2.47. The second kappa shape index (κ2) is 5.72. The van der Waals surface area contributed by atoms with Crippen LogP contribution in [0.3, 0.4) is 0 Å². The van der Waals surface area contributed by atoms with Gasteiger partial charge in [-0.2, -0.15) is 0 Å². The van der Waals surface area contributed by atoms with E-state index in [4.69, 9.17) is 0 Å². The van der Waals surface area contributed by atoms with E-state index in [1.807, 2.05) is 7.05 Å². The lowest BCUT2D eigenvalue weighted by molar-refractivity contribution is -0.136. The first-order valence-electron chi connectivity index (χ1n) is 8.57. The number of nitrogens with one attached hydrogen (secondary N) is 2. The van der Waals surface area contributed by atoms with Gasteiger partial charge in [0.2, 0.25) is 5.91 Å². The van der Waals surface area contributed by atoms with E-state index >= 15 is 0 Å². The summed E-state index contributed by atoms with van der Waals surface area (Å²) in [6.45, 7) is 2.39. The molecule has 3 aliphatic heterocycles. The van der Waals surface area contributed by atoms with E-state index in [9.17, 15) is 14.4 Å². The second-order valence-electron chi connectivity index (χ2n) is 7.09. The predicted octanol–water partition coefficient (Wildman–Crippen LogP) is 0.801. The van der Waals surface area contributed by atoms with Crippen LogP contribution < -0.4 is 10.6 Å². The summed E-state index contributed by atoms with van der Waals surface area (Å²) in [6.07, 6.45) is 3.81. The Morgan fingerprint density at radius 3 is 2.64 bits per heavy atom. The predicted molar refractivity (Wildman–Crippen MR) is 89.9 cm³/mol. The minimum Gasteiger partial charge on any atom is -0.347 e. The molecule has 1 aromatic heterocycles. The maximum atomic E-state index is 12.5. The van der Waals surface area contributed by atoms with Crippen LogP contribution in [0.5, 0.6) is 0 Å². The number of carbonyl (C=O) groups is 3. The van der Waals surface area contributed by atoms with E-state index in [-0.39, 0.29) is 23.3 Å². The van der Waals surface area contributed by atoms with Crippen LogP contribution in [0.15, 0.2) is 12.3 Å². The molecule has 0 aliphatic carbocycles. The average Bonchev–Trinajstić information content (AvgIpc) is 3.11. The number of amides is 4. The SMILES string of the molecule is CN1CCC2(CCN(C(=O)Nc3cnc4c(c3)CNC4=O)CC2)C1=O. The normalized spacial score (nSPS) is 21.5. The number of fused-ring (bicyclic) bond motifs is 1. The Bertz CT molecular complexity index is 755. The zero-order valence-electron chi connectivity index (χ0n) is 14.2. The number of rotatable bonds is 1. The fourth-order valence-corrected chi connectivity index (χ4v) is 3.98. The highest BCUT2D eigenvalue weighted by atomic mass is 16.2. The van der Waals surface area contributed by atoms with Gasteiger partial charge in [0.05, 0.1) is 17.3 Å². The lowest BCUT2D eigenvalue weighted by atomic mass is 9.77. The van der Waals surface area contributed by atoms with Crippen molar-refractivity contribution in [1.82, 2.24) is 20.1 Å². The van der Waals surface area contributed by atoms with Crippen molar-refractivity contribution < 1.29 is 14.4 Å². The molecule has 0 bridgehead atoms. The number of anilines is 1.